The monoisotopic (exact) mass is 391 g/mol. The van der Waals surface area contributed by atoms with Crippen LogP contribution in [0.3, 0.4) is 0 Å². The topological polar surface area (TPSA) is 88.1 Å². The molecule has 1 aliphatic heterocycles. The van der Waals surface area contributed by atoms with E-state index in [4.69, 9.17) is 9.73 Å². The largest absolute Gasteiger partial charge is 0.465 e. The first-order chi connectivity index (χ1) is 14.1. The lowest BCUT2D eigenvalue weighted by atomic mass is 10.1. The molecule has 0 aromatic heterocycles. The standard InChI is InChI=1S/C22H21N3O4/c1-29-22(28)15-7-2-3-9-17(15)24-20(26)13-25-19-12-5-4-10-18(19)23-16-11-6-8-14(16)21(25)27/h2-5,7,9-10,12,14H,6,8,11,13H2,1H3,(H,24,26)/t14-/m0/s1. The highest BCUT2D eigenvalue weighted by Gasteiger charge is 2.37. The van der Waals surface area contributed by atoms with Gasteiger partial charge < -0.3 is 15.0 Å². The Bertz CT molecular complexity index is 1010. The van der Waals surface area contributed by atoms with Crippen molar-refractivity contribution in [3.63, 3.8) is 0 Å². The average molecular weight is 391 g/mol. The molecule has 4 rings (SSSR count). The minimum Gasteiger partial charge on any atom is -0.465 e. The summed E-state index contributed by atoms with van der Waals surface area (Å²) in [5.74, 6) is -1.33. The number of fused-ring (bicyclic) bond motifs is 2. The molecule has 1 fully saturated rings. The van der Waals surface area contributed by atoms with Gasteiger partial charge in [0.05, 0.1) is 35.7 Å². The maximum atomic E-state index is 13.2. The average Bonchev–Trinajstić information content (AvgIpc) is 3.16. The SMILES string of the molecule is COC(=O)c1ccccc1NC(=O)CN1C(=O)[C@H]2CCCC2=Nc2ccccc21. The van der Waals surface area contributed by atoms with Crippen LogP contribution in [0.5, 0.6) is 0 Å². The van der Waals surface area contributed by atoms with Crippen molar-refractivity contribution in [2.75, 3.05) is 23.9 Å². The first kappa shape index (κ1) is 18.9. The number of aliphatic imine (C=N–C) groups is 1. The van der Waals surface area contributed by atoms with E-state index in [0.29, 0.717) is 17.1 Å². The van der Waals surface area contributed by atoms with Gasteiger partial charge in [0.2, 0.25) is 11.8 Å². The van der Waals surface area contributed by atoms with Gasteiger partial charge in [-0.15, -0.1) is 0 Å². The van der Waals surface area contributed by atoms with Crippen LogP contribution in [-0.2, 0) is 14.3 Å². The van der Waals surface area contributed by atoms with E-state index in [0.717, 1.165) is 25.0 Å². The number of methoxy groups -OCH3 is 1. The Labute approximate surface area is 168 Å². The molecule has 29 heavy (non-hydrogen) atoms. The van der Waals surface area contributed by atoms with Crippen molar-refractivity contribution in [3.8, 4) is 0 Å². The number of para-hydroxylation sites is 3. The molecule has 2 aromatic rings. The molecule has 1 atom stereocenters. The maximum Gasteiger partial charge on any atom is 0.339 e. The number of esters is 1. The molecule has 7 heteroatoms. The molecule has 0 spiro atoms. The summed E-state index contributed by atoms with van der Waals surface area (Å²) in [6.07, 6.45) is 2.47. The summed E-state index contributed by atoms with van der Waals surface area (Å²) in [5, 5.41) is 2.73. The number of hydrogen-bond donors (Lipinski definition) is 1. The predicted octanol–water partition coefficient (Wildman–Crippen LogP) is 3.33. The Kier molecular flexibility index (Phi) is 5.12. The fourth-order valence-corrected chi connectivity index (χ4v) is 3.85. The second-order valence-electron chi connectivity index (χ2n) is 7.05. The summed E-state index contributed by atoms with van der Waals surface area (Å²) in [4.78, 5) is 44.1. The molecule has 1 heterocycles. The van der Waals surface area contributed by atoms with Crippen LogP contribution in [0.2, 0.25) is 0 Å². The van der Waals surface area contributed by atoms with E-state index in [1.807, 2.05) is 18.2 Å². The first-order valence-corrected chi connectivity index (χ1v) is 9.53. The number of carbonyl (C=O) groups excluding carboxylic acids is 3. The highest BCUT2D eigenvalue weighted by molar-refractivity contribution is 6.17. The molecule has 148 valence electrons. The molecule has 7 nitrogen and oxygen atoms in total. The molecule has 2 amide bonds. The number of rotatable bonds is 4. The van der Waals surface area contributed by atoms with Crippen LogP contribution in [0, 0.1) is 5.92 Å². The third kappa shape index (κ3) is 3.63. The molecule has 0 radical (unpaired) electrons. The van der Waals surface area contributed by atoms with Gasteiger partial charge in [-0.2, -0.15) is 0 Å². The quantitative estimate of drug-likeness (QED) is 0.810. The van der Waals surface area contributed by atoms with E-state index in [2.05, 4.69) is 5.32 Å². The van der Waals surface area contributed by atoms with E-state index >= 15 is 0 Å². The highest BCUT2D eigenvalue weighted by Crippen LogP contribution is 2.37. The van der Waals surface area contributed by atoms with Crippen LogP contribution in [0.4, 0.5) is 17.1 Å². The van der Waals surface area contributed by atoms with E-state index in [-0.39, 0.29) is 23.9 Å². The third-order valence-electron chi connectivity index (χ3n) is 5.24. The van der Waals surface area contributed by atoms with Gasteiger partial charge in [0.15, 0.2) is 0 Å². The first-order valence-electron chi connectivity index (χ1n) is 9.53. The van der Waals surface area contributed by atoms with E-state index in [1.54, 1.807) is 30.3 Å². The number of amides is 2. The number of nitrogens with one attached hydrogen (secondary N) is 1. The van der Waals surface area contributed by atoms with Gasteiger partial charge in [-0.25, -0.2) is 4.79 Å². The summed E-state index contributed by atoms with van der Waals surface area (Å²) in [6.45, 7) is -0.162. The number of anilines is 2. The molecule has 0 saturated heterocycles. The molecule has 1 saturated carbocycles. The van der Waals surface area contributed by atoms with Crippen LogP contribution in [-0.4, -0.2) is 37.1 Å². The molecule has 2 aliphatic rings. The van der Waals surface area contributed by atoms with Crippen molar-refractivity contribution in [3.05, 3.63) is 54.1 Å². The van der Waals surface area contributed by atoms with Gasteiger partial charge in [-0.3, -0.25) is 14.6 Å². The number of nitrogens with zero attached hydrogens (tertiary/aromatic N) is 2. The van der Waals surface area contributed by atoms with E-state index < -0.39 is 11.9 Å². The third-order valence-corrected chi connectivity index (χ3v) is 5.24. The molecule has 1 aliphatic carbocycles. The Morgan fingerprint density at radius 2 is 1.93 bits per heavy atom. The zero-order valence-electron chi connectivity index (χ0n) is 16.1. The Morgan fingerprint density at radius 1 is 1.17 bits per heavy atom. The Balaban J connectivity index is 1.60. The second-order valence-corrected chi connectivity index (χ2v) is 7.05. The molecule has 1 N–H and O–H groups in total. The van der Waals surface area contributed by atoms with Crippen LogP contribution in [0.1, 0.15) is 29.6 Å². The lowest BCUT2D eigenvalue weighted by Gasteiger charge is -2.24. The summed E-state index contributed by atoms with van der Waals surface area (Å²) < 4.78 is 4.77. The summed E-state index contributed by atoms with van der Waals surface area (Å²) in [5.41, 5.74) is 2.81. The van der Waals surface area contributed by atoms with Gasteiger partial charge in [-0.05, 0) is 43.5 Å². The van der Waals surface area contributed by atoms with Gasteiger partial charge in [0, 0.05) is 5.71 Å². The highest BCUT2D eigenvalue weighted by atomic mass is 16.5. The predicted molar refractivity (Wildman–Crippen MR) is 110 cm³/mol. The van der Waals surface area contributed by atoms with Crippen molar-refractivity contribution in [1.82, 2.24) is 0 Å². The van der Waals surface area contributed by atoms with Gasteiger partial charge in [0.25, 0.3) is 0 Å². The summed E-state index contributed by atoms with van der Waals surface area (Å²) >= 11 is 0. The number of benzene rings is 2. The fourth-order valence-electron chi connectivity index (χ4n) is 3.85. The normalized spacial score (nSPS) is 17.7. The van der Waals surface area contributed by atoms with Crippen molar-refractivity contribution in [2.24, 2.45) is 10.9 Å². The minimum absolute atomic E-state index is 0.109. The number of ether oxygens (including phenoxy) is 1. The zero-order valence-corrected chi connectivity index (χ0v) is 16.1. The minimum atomic E-state index is -0.541. The van der Waals surface area contributed by atoms with E-state index in [1.165, 1.54) is 12.0 Å². The number of hydrogen-bond acceptors (Lipinski definition) is 5. The van der Waals surface area contributed by atoms with E-state index in [9.17, 15) is 14.4 Å². The van der Waals surface area contributed by atoms with Crippen molar-refractivity contribution >= 4 is 40.6 Å². The van der Waals surface area contributed by atoms with Crippen LogP contribution >= 0.6 is 0 Å². The second kappa shape index (κ2) is 7.87. The maximum absolute atomic E-state index is 13.2. The summed E-state index contributed by atoms with van der Waals surface area (Å²) in [6, 6.07) is 14.0. The van der Waals surface area contributed by atoms with Gasteiger partial charge >= 0.3 is 5.97 Å². The molecule has 2 aromatic carbocycles. The molecular formula is C22H21N3O4. The van der Waals surface area contributed by atoms with Gasteiger partial charge in [0.1, 0.15) is 6.54 Å². The fraction of sp³-hybridized carbons (Fsp3) is 0.273. The molecule has 0 unspecified atom stereocenters. The number of carbonyl (C=O) groups is 3. The summed E-state index contributed by atoms with van der Waals surface area (Å²) in [7, 11) is 1.28. The van der Waals surface area contributed by atoms with Gasteiger partial charge in [-0.1, -0.05) is 24.3 Å². The molecular weight excluding hydrogens is 370 g/mol. The molecule has 0 bridgehead atoms. The smallest absolute Gasteiger partial charge is 0.339 e. The van der Waals surface area contributed by atoms with Crippen molar-refractivity contribution in [2.45, 2.75) is 19.3 Å². The van der Waals surface area contributed by atoms with Crippen molar-refractivity contribution in [1.29, 1.82) is 0 Å². The van der Waals surface area contributed by atoms with Crippen LogP contribution in [0.25, 0.3) is 0 Å². The lowest BCUT2D eigenvalue weighted by Crippen LogP contribution is -2.42. The zero-order chi connectivity index (χ0) is 20.4. The Hall–Kier alpha value is -3.48. The Morgan fingerprint density at radius 3 is 2.76 bits per heavy atom. The van der Waals surface area contributed by atoms with Crippen LogP contribution < -0.4 is 10.2 Å². The lowest BCUT2D eigenvalue weighted by molar-refractivity contribution is -0.123. The van der Waals surface area contributed by atoms with Crippen LogP contribution in [0.15, 0.2) is 53.5 Å². The van der Waals surface area contributed by atoms with Crippen molar-refractivity contribution < 1.29 is 19.1 Å².